The van der Waals surface area contributed by atoms with Crippen LogP contribution in [0.2, 0.25) is 0 Å². The standard InChI is InChI=1S/C13H21NO3S/c1-6-14(7-2)18(15,16)13-9-11(4)10(3)8-12(13)17-5/h8-9H,6-7H2,1-5H3. The second-order valence-corrected chi connectivity index (χ2v) is 6.08. The molecule has 5 heteroatoms. The Morgan fingerprint density at radius 2 is 1.61 bits per heavy atom. The Kier molecular flexibility index (Phi) is 4.76. The first-order valence-electron chi connectivity index (χ1n) is 6.03. The molecule has 0 unspecified atom stereocenters. The Morgan fingerprint density at radius 1 is 1.11 bits per heavy atom. The molecule has 1 aromatic carbocycles. The number of hydrogen-bond donors (Lipinski definition) is 0. The first-order valence-corrected chi connectivity index (χ1v) is 7.47. The highest BCUT2D eigenvalue weighted by atomic mass is 32.2. The molecule has 1 aromatic rings. The first-order chi connectivity index (χ1) is 8.38. The van der Waals surface area contributed by atoms with Gasteiger partial charge in [-0.05, 0) is 37.1 Å². The predicted molar refractivity (Wildman–Crippen MR) is 72.6 cm³/mol. The van der Waals surface area contributed by atoms with Crippen LogP contribution in [0.1, 0.15) is 25.0 Å². The van der Waals surface area contributed by atoms with Crippen LogP contribution in [0.15, 0.2) is 17.0 Å². The number of benzene rings is 1. The number of rotatable bonds is 5. The zero-order chi connectivity index (χ0) is 13.9. The van der Waals surface area contributed by atoms with Gasteiger partial charge in [-0.25, -0.2) is 8.42 Å². The second kappa shape index (κ2) is 5.71. The van der Waals surface area contributed by atoms with Crippen molar-refractivity contribution >= 4 is 10.0 Å². The van der Waals surface area contributed by atoms with Crippen molar-refractivity contribution in [3.05, 3.63) is 23.3 Å². The molecule has 0 saturated heterocycles. The molecule has 0 aliphatic heterocycles. The van der Waals surface area contributed by atoms with Gasteiger partial charge in [0.15, 0.2) is 0 Å². The fourth-order valence-corrected chi connectivity index (χ4v) is 3.51. The van der Waals surface area contributed by atoms with Crippen molar-refractivity contribution in [2.75, 3.05) is 20.2 Å². The van der Waals surface area contributed by atoms with Crippen molar-refractivity contribution in [2.24, 2.45) is 0 Å². The Labute approximate surface area is 110 Å². The van der Waals surface area contributed by atoms with Crippen LogP contribution in [-0.4, -0.2) is 32.9 Å². The third-order valence-corrected chi connectivity index (χ3v) is 5.17. The second-order valence-electron chi connectivity index (χ2n) is 4.18. The Morgan fingerprint density at radius 3 is 2.06 bits per heavy atom. The van der Waals surface area contributed by atoms with Crippen LogP contribution in [0.25, 0.3) is 0 Å². The zero-order valence-corrected chi connectivity index (χ0v) is 12.5. The van der Waals surface area contributed by atoms with Gasteiger partial charge in [-0.15, -0.1) is 0 Å². The fourth-order valence-electron chi connectivity index (χ4n) is 1.83. The van der Waals surface area contributed by atoms with E-state index in [1.165, 1.54) is 11.4 Å². The van der Waals surface area contributed by atoms with Gasteiger partial charge in [0.05, 0.1) is 7.11 Å². The Balaban J connectivity index is 3.44. The van der Waals surface area contributed by atoms with E-state index in [1.807, 2.05) is 27.7 Å². The van der Waals surface area contributed by atoms with Crippen LogP contribution in [0, 0.1) is 13.8 Å². The normalized spacial score (nSPS) is 11.9. The SMILES string of the molecule is CCN(CC)S(=O)(=O)c1cc(C)c(C)cc1OC. The summed E-state index contributed by atoms with van der Waals surface area (Å²) in [7, 11) is -1.98. The highest BCUT2D eigenvalue weighted by molar-refractivity contribution is 7.89. The van der Waals surface area contributed by atoms with Crippen LogP contribution >= 0.6 is 0 Å². The molecule has 0 spiro atoms. The van der Waals surface area contributed by atoms with Gasteiger partial charge in [0.1, 0.15) is 10.6 Å². The highest BCUT2D eigenvalue weighted by Crippen LogP contribution is 2.29. The van der Waals surface area contributed by atoms with Crippen molar-refractivity contribution in [1.82, 2.24) is 4.31 Å². The summed E-state index contributed by atoms with van der Waals surface area (Å²) in [6.07, 6.45) is 0. The van der Waals surface area contributed by atoms with Gasteiger partial charge in [0.2, 0.25) is 10.0 Å². The Bertz CT molecular complexity index is 519. The molecule has 1 rings (SSSR count). The summed E-state index contributed by atoms with van der Waals surface area (Å²) in [4.78, 5) is 0.247. The van der Waals surface area contributed by atoms with E-state index in [0.29, 0.717) is 18.8 Å². The van der Waals surface area contributed by atoms with Gasteiger partial charge < -0.3 is 4.74 Å². The molecule has 0 bridgehead atoms. The maximum Gasteiger partial charge on any atom is 0.246 e. The highest BCUT2D eigenvalue weighted by Gasteiger charge is 2.25. The lowest BCUT2D eigenvalue weighted by molar-refractivity contribution is 0.395. The first kappa shape index (κ1) is 15.0. The summed E-state index contributed by atoms with van der Waals surface area (Å²) in [6, 6.07) is 3.45. The molecule has 0 N–H and O–H groups in total. The third-order valence-electron chi connectivity index (χ3n) is 3.10. The minimum absolute atomic E-state index is 0.247. The number of ether oxygens (including phenoxy) is 1. The molecule has 0 heterocycles. The van der Waals surface area contributed by atoms with Crippen LogP contribution in [0.3, 0.4) is 0 Å². The molecule has 0 aromatic heterocycles. The lowest BCUT2D eigenvalue weighted by Gasteiger charge is -2.20. The van der Waals surface area contributed by atoms with Gasteiger partial charge in [0.25, 0.3) is 0 Å². The van der Waals surface area contributed by atoms with Crippen molar-refractivity contribution in [1.29, 1.82) is 0 Å². The number of methoxy groups -OCH3 is 1. The molecule has 0 fully saturated rings. The zero-order valence-electron chi connectivity index (χ0n) is 11.6. The molecule has 0 amide bonds. The van der Waals surface area contributed by atoms with E-state index in [0.717, 1.165) is 11.1 Å². The van der Waals surface area contributed by atoms with Crippen molar-refractivity contribution in [2.45, 2.75) is 32.6 Å². The van der Waals surface area contributed by atoms with E-state index in [1.54, 1.807) is 12.1 Å². The minimum atomic E-state index is -3.47. The van der Waals surface area contributed by atoms with E-state index < -0.39 is 10.0 Å². The summed E-state index contributed by atoms with van der Waals surface area (Å²) in [5.74, 6) is 0.407. The maximum atomic E-state index is 12.5. The molecule has 0 atom stereocenters. The molecule has 0 saturated carbocycles. The van der Waals surface area contributed by atoms with Crippen molar-refractivity contribution < 1.29 is 13.2 Å². The van der Waals surface area contributed by atoms with Crippen LogP contribution in [-0.2, 0) is 10.0 Å². The quantitative estimate of drug-likeness (QED) is 0.826. The Hall–Kier alpha value is -1.07. The van der Waals surface area contributed by atoms with E-state index in [-0.39, 0.29) is 4.90 Å². The molecule has 0 aliphatic rings. The lowest BCUT2D eigenvalue weighted by atomic mass is 10.1. The number of nitrogens with zero attached hydrogens (tertiary/aromatic N) is 1. The molecular weight excluding hydrogens is 250 g/mol. The average Bonchev–Trinajstić information content (AvgIpc) is 2.33. The summed E-state index contributed by atoms with van der Waals surface area (Å²) < 4.78 is 31.6. The summed E-state index contributed by atoms with van der Waals surface area (Å²) >= 11 is 0. The molecule has 18 heavy (non-hydrogen) atoms. The number of aryl methyl sites for hydroxylation is 2. The molecule has 0 radical (unpaired) electrons. The molecule has 0 aliphatic carbocycles. The number of hydrogen-bond acceptors (Lipinski definition) is 3. The van der Waals surface area contributed by atoms with Gasteiger partial charge in [0, 0.05) is 13.1 Å². The van der Waals surface area contributed by atoms with E-state index >= 15 is 0 Å². The van der Waals surface area contributed by atoms with Crippen LogP contribution in [0.4, 0.5) is 0 Å². The van der Waals surface area contributed by atoms with Gasteiger partial charge in [-0.3, -0.25) is 0 Å². The summed E-state index contributed by atoms with van der Waals surface area (Å²) in [6.45, 7) is 8.40. The maximum absolute atomic E-state index is 12.5. The monoisotopic (exact) mass is 271 g/mol. The molecular formula is C13H21NO3S. The largest absolute Gasteiger partial charge is 0.495 e. The number of sulfonamides is 1. The van der Waals surface area contributed by atoms with E-state index in [2.05, 4.69) is 0 Å². The van der Waals surface area contributed by atoms with Gasteiger partial charge in [-0.1, -0.05) is 13.8 Å². The predicted octanol–water partition coefficient (Wildman–Crippen LogP) is 2.34. The fraction of sp³-hybridized carbons (Fsp3) is 0.538. The summed E-state index contributed by atoms with van der Waals surface area (Å²) in [5, 5.41) is 0. The van der Waals surface area contributed by atoms with Crippen molar-refractivity contribution in [3.63, 3.8) is 0 Å². The summed E-state index contributed by atoms with van der Waals surface area (Å²) in [5.41, 5.74) is 1.96. The molecule has 4 nitrogen and oxygen atoms in total. The molecule has 102 valence electrons. The van der Waals surface area contributed by atoms with Gasteiger partial charge >= 0.3 is 0 Å². The minimum Gasteiger partial charge on any atom is -0.495 e. The lowest BCUT2D eigenvalue weighted by Crippen LogP contribution is -2.31. The van der Waals surface area contributed by atoms with E-state index in [9.17, 15) is 8.42 Å². The van der Waals surface area contributed by atoms with Crippen molar-refractivity contribution in [3.8, 4) is 5.75 Å². The van der Waals surface area contributed by atoms with E-state index in [4.69, 9.17) is 4.74 Å². The van der Waals surface area contributed by atoms with Crippen LogP contribution < -0.4 is 4.74 Å². The third kappa shape index (κ3) is 2.67. The van der Waals surface area contributed by atoms with Gasteiger partial charge in [-0.2, -0.15) is 4.31 Å². The smallest absolute Gasteiger partial charge is 0.246 e. The topological polar surface area (TPSA) is 46.6 Å². The van der Waals surface area contributed by atoms with Crippen LogP contribution in [0.5, 0.6) is 5.75 Å². The average molecular weight is 271 g/mol.